The molecule has 0 radical (unpaired) electrons. The van der Waals surface area contributed by atoms with E-state index in [4.69, 9.17) is 8.92 Å². The average Bonchev–Trinajstić information content (AvgIpc) is 2.64. The van der Waals surface area contributed by atoms with Crippen LogP contribution in [0.3, 0.4) is 0 Å². The maximum Gasteiger partial charge on any atom is 0.297 e. The van der Waals surface area contributed by atoms with Crippen LogP contribution in [0.25, 0.3) is 0 Å². The highest BCUT2D eigenvalue weighted by Crippen LogP contribution is 2.19. The van der Waals surface area contributed by atoms with Crippen LogP contribution in [0.5, 0.6) is 0 Å². The molecule has 1 fully saturated rings. The van der Waals surface area contributed by atoms with Gasteiger partial charge in [0.2, 0.25) is 0 Å². The van der Waals surface area contributed by atoms with Crippen molar-refractivity contribution in [2.45, 2.75) is 24.0 Å². The van der Waals surface area contributed by atoms with E-state index in [2.05, 4.69) is 0 Å². The van der Waals surface area contributed by atoms with Crippen LogP contribution in [0.1, 0.15) is 5.56 Å². The maximum atomic E-state index is 11.9. The first-order valence-corrected chi connectivity index (χ1v) is 6.65. The van der Waals surface area contributed by atoms with Crippen LogP contribution in [0.15, 0.2) is 29.2 Å². The largest absolute Gasteiger partial charge is 0.388 e. The second kappa shape index (κ2) is 4.73. The van der Waals surface area contributed by atoms with E-state index in [-0.39, 0.29) is 18.1 Å². The fraction of sp³-hybridized carbons (Fsp3) is 0.455. The Labute approximate surface area is 100 Å². The molecule has 0 saturated carbocycles. The van der Waals surface area contributed by atoms with Crippen molar-refractivity contribution in [2.24, 2.45) is 0 Å². The number of rotatable bonds is 3. The summed E-state index contributed by atoms with van der Waals surface area (Å²) in [7, 11) is -3.83. The zero-order valence-electron chi connectivity index (χ0n) is 9.37. The SMILES string of the molecule is Cc1ccc(S(=O)(=O)OC2COCC2O)cc1. The van der Waals surface area contributed by atoms with Gasteiger partial charge in [0.25, 0.3) is 10.1 Å². The normalized spacial score (nSPS) is 25.1. The molecule has 0 aromatic heterocycles. The molecule has 1 N–H and O–H groups in total. The lowest BCUT2D eigenvalue weighted by Gasteiger charge is -2.13. The van der Waals surface area contributed by atoms with Gasteiger partial charge in [-0.15, -0.1) is 0 Å². The van der Waals surface area contributed by atoms with E-state index in [1.54, 1.807) is 12.1 Å². The predicted octanol–water partition coefficient (Wildman–Crippen LogP) is 0.460. The molecule has 2 atom stereocenters. The summed E-state index contributed by atoms with van der Waals surface area (Å²) in [6.07, 6.45) is -1.71. The molecule has 1 aromatic rings. The Morgan fingerprint density at radius 3 is 2.47 bits per heavy atom. The van der Waals surface area contributed by atoms with E-state index in [1.165, 1.54) is 12.1 Å². The van der Waals surface area contributed by atoms with Gasteiger partial charge >= 0.3 is 0 Å². The van der Waals surface area contributed by atoms with Crippen molar-refractivity contribution in [3.8, 4) is 0 Å². The van der Waals surface area contributed by atoms with Gasteiger partial charge in [-0.1, -0.05) is 17.7 Å². The summed E-state index contributed by atoms with van der Waals surface area (Å²) in [5.41, 5.74) is 0.966. The first-order valence-electron chi connectivity index (χ1n) is 5.25. The molecule has 2 unspecified atom stereocenters. The van der Waals surface area contributed by atoms with E-state index in [9.17, 15) is 13.5 Å². The lowest BCUT2D eigenvalue weighted by Crippen LogP contribution is -2.29. The third-order valence-corrected chi connectivity index (χ3v) is 3.91. The maximum absolute atomic E-state index is 11.9. The smallest absolute Gasteiger partial charge is 0.297 e. The minimum Gasteiger partial charge on any atom is -0.388 e. The molecular formula is C11H14O5S. The van der Waals surface area contributed by atoms with E-state index in [0.717, 1.165) is 5.56 Å². The molecule has 1 aromatic carbocycles. The monoisotopic (exact) mass is 258 g/mol. The van der Waals surface area contributed by atoms with Crippen molar-refractivity contribution in [3.05, 3.63) is 29.8 Å². The van der Waals surface area contributed by atoms with Crippen molar-refractivity contribution < 1.29 is 22.4 Å². The van der Waals surface area contributed by atoms with Crippen LogP contribution in [0.4, 0.5) is 0 Å². The highest BCUT2D eigenvalue weighted by molar-refractivity contribution is 7.86. The second-order valence-corrected chi connectivity index (χ2v) is 5.58. The third-order valence-electron chi connectivity index (χ3n) is 2.56. The summed E-state index contributed by atoms with van der Waals surface area (Å²) in [6, 6.07) is 6.34. The number of hydrogen-bond acceptors (Lipinski definition) is 5. The van der Waals surface area contributed by atoms with Crippen molar-refractivity contribution in [2.75, 3.05) is 13.2 Å². The Kier molecular flexibility index (Phi) is 3.48. The summed E-state index contributed by atoms with van der Waals surface area (Å²) in [5.74, 6) is 0. The van der Waals surface area contributed by atoms with Gasteiger partial charge in [0, 0.05) is 0 Å². The molecule has 17 heavy (non-hydrogen) atoms. The van der Waals surface area contributed by atoms with Gasteiger partial charge in [0.15, 0.2) is 0 Å². The molecule has 94 valence electrons. The summed E-state index contributed by atoms with van der Waals surface area (Å²) in [6.45, 7) is 2.06. The van der Waals surface area contributed by atoms with Crippen molar-refractivity contribution in [3.63, 3.8) is 0 Å². The lowest BCUT2D eigenvalue weighted by molar-refractivity contribution is 0.0773. The number of ether oxygens (including phenoxy) is 1. The zero-order chi connectivity index (χ0) is 12.5. The van der Waals surface area contributed by atoms with Crippen molar-refractivity contribution >= 4 is 10.1 Å². The molecule has 0 amide bonds. The number of aryl methyl sites for hydroxylation is 1. The molecule has 1 aliphatic heterocycles. The highest BCUT2D eigenvalue weighted by atomic mass is 32.2. The Bertz CT molecular complexity index is 479. The second-order valence-electron chi connectivity index (χ2n) is 4.01. The lowest BCUT2D eigenvalue weighted by atomic mass is 10.2. The molecule has 0 bridgehead atoms. The zero-order valence-corrected chi connectivity index (χ0v) is 10.2. The van der Waals surface area contributed by atoms with E-state index in [0.29, 0.717) is 0 Å². The number of benzene rings is 1. The number of hydrogen-bond donors (Lipinski definition) is 1. The van der Waals surface area contributed by atoms with Crippen LogP contribution in [-0.2, 0) is 19.0 Å². The van der Waals surface area contributed by atoms with E-state index < -0.39 is 22.3 Å². The van der Waals surface area contributed by atoms with Crippen LogP contribution < -0.4 is 0 Å². The van der Waals surface area contributed by atoms with Crippen LogP contribution >= 0.6 is 0 Å². The standard InChI is InChI=1S/C11H14O5S/c1-8-2-4-9(5-3-8)17(13,14)16-11-7-15-6-10(11)12/h2-5,10-12H,6-7H2,1H3. The van der Waals surface area contributed by atoms with Crippen LogP contribution in [-0.4, -0.2) is 38.9 Å². The van der Waals surface area contributed by atoms with Crippen LogP contribution in [0.2, 0.25) is 0 Å². The molecule has 1 aliphatic rings. The van der Waals surface area contributed by atoms with Gasteiger partial charge < -0.3 is 9.84 Å². The average molecular weight is 258 g/mol. The van der Waals surface area contributed by atoms with Gasteiger partial charge in [0.05, 0.1) is 18.1 Å². The summed E-state index contributed by atoms with van der Waals surface area (Å²) >= 11 is 0. The molecular weight excluding hydrogens is 244 g/mol. The topological polar surface area (TPSA) is 72.8 Å². The number of aliphatic hydroxyl groups is 1. The Morgan fingerprint density at radius 2 is 1.94 bits per heavy atom. The summed E-state index contributed by atoms with van der Waals surface area (Å²) in [5, 5.41) is 9.43. The van der Waals surface area contributed by atoms with E-state index in [1.807, 2.05) is 6.92 Å². The van der Waals surface area contributed by atoms with E-state index >= 15 is 0 Å². The molecule has 0 spiro atoms. The van der Waals surface area contributed by atoms with Gasteiger partial charge in [-0.05, 0) is 19.1 Å². The van der Waals surface area contributed by atoms with Gasteiger partial charge in [-0.2, -0.15) is 8.42 Å². The molecule has 5 nitrogen and oxygen atoms in total. The highest BCUT2D eigenvalue weighted by Gasteiger charge is 2.32. The Morgan fingerprint density at radius 1 is 1.29 bits per heavy atom. The minimum absolute atomic E-state index is 0.0854. The summed E-state index contributed by atoms with van der Waals surface area (Å²) in [4.78, 5) is 0.0854. The molecule has 1 saturated heterocycles. The molecule has 6 heteroatoms. The van der Waals surface area contributed by atoms with Crippen molar-refractivity contribution in [1.82, 2.24) is 0 Å². The third kappa shape index (κ3) is 2.84. The fourth-order valence-corrected chi connectivity index (χ4v) is 2.63. The van der Waals surface area contributed by atoms with Gasteiger partial charge in [-0.3, -0.25) is 4.18 Å². The quantitative estimate of drug-likeness (QED) is 0.797. The van der Waals surface area contributed by atoms with Gasteiger partial charge in [0.1, 0.15) is 12.2 Å². The van der Waals surface area contributed by atoms with Gasteiger partial charge in [-0.25, -0.2) is 0 Å². The Hall–Kier alpha value is -0.950. The Balaban J connectivity index is 2.16. The predicted molar refractivity (Wildman–Crippen MR) is 60.1 cm³/mol. The molecule has 1 heterocycles. The van der Waals surface area contributed by atoms with Crippen LogP contribution in [0, 0.1) is 6.92 Å². The fourth-order valence-electron chi connectivity index (χ4n) is 1.54. The molecule has 0 aliphatic carbocycles. The first kappa shape index (κ1) is 12.5. The van der Waals surface area contributed by atoms with Crippen molar-refractivity contribution in [1.29, 1.82) is 0 Å². The first-order chi connectivity index (χ1) is 7.99. The summed E-state index contributed by atoms with van der Waals surface area (Å²) < 4.78 is 33.6. The number of aliphatic hydroxyl groups excluding tert-OH is 1. The minimum atomic E-state index is -3.83. The molecule has 2 rings (SSSR count).